The van der Waals surface area contributed by atoms with Crippen molar-refractivity contribution in [3.05, 3.63) is 60.2 Å². The number of carbonyl (C=O) groups excluding carboxylic acids is 2. The first-order valence-electron chi connectivity index (χ1n) is 10.1. The number of amides is 2. The predicted octanol–water partition coefficient (Wildman–Crippen LogP) is 3.90. The summed E-state index contributed by atoms with van der Waals surface area (Å²) in [5, 5.41) is 6.06. The zero-order chi connectivity index (χ0) is 19.3. The molecule has 5 nitrogen and oxygen atoms in total. The molecule has 2 N–H and O–H groups in total. The smallest absolute Gasteiger partial charge is 0.228 e. The van der Waals surface area contributed by atoms with Gasteiger partial charge in [-0.15, -0.1) is 0 Å². The first-order valence-corrected chi connectivity index (χ1v) is 10.1. The maximum absolute atomic E-state index is 12.8. The van der Waals surface area contributed by atoms with Crippen molar-refractivity contribution in [1.29, 1.82) is 0 Å². The van der Waals surface area contributed by atoms with Crippen LogP contribution in [0.1, 0.15) is 37.7 Å². The second-order valence-electron chi connectivity index (χ2n) is 7.72. The molecule has 0 aromatic heterocycles. The second kappa shape index (κ2) is 8.46. The van der Waals surface area contributed by atoms with E-state index in [-0.39, 0.29) is 36.1 Å². The van der Waals surface area contributed by atoms with Crippen molar-refractivity contribution in [2.75, 3.05) is 5.32 Å². The minimum Gasteiger partial charge on any atom is -0.489 e. The zero-order valence-electron chi connectivity index (χ0n) is 15.9. The number of hydrogen-bond acceptors (Lipinski definition) is 3. The van der Waals surface area contributed by atoms with Crippen molar-refractivity contribution in [1.82, 2.24) is 5.32 Å². The first-order chi connectivity index (χ1) is 13.7. The van der Waals surface area contributed by atoms with Gasteiger partial charge in [-0.05, 0) is 48.6 Å². The highest BCUT2D eigenvalue weighted by molar-refractivity contribution is 5.96. The van der Waals surface area contributed by atoms with Crippen LogP contribution in [0.3, 0.4) is 0 Å². The molecular formula is C23H26N2O3. The number of carbonyl (C=O) groups is 2. The second-order valence-corrected chi connectivity index (χ2v) is 7.72. The van der Waals surface area contributed by atoms with Gasteiger partial charge in [0.25, 0.3) is 0 Å². The summed E-state index contributed by atoms with van der Waals surface area (Å²) in [5.41, 5.74) is 1.84. The molecule has 2 amide bonds. The molecule has 2 aliphatic rings. The van der Waals surface area contributed by atoms with Crippen molar-refractivity contribution in [3.63, 3.8) is 0 Å². The van der Waals surface area contributed by atoms with E-state index in [0.717, 1.165) is 42.7 Å². The fraction of sp³-hybridized carbons (Fsp3) is 0.391. The molecule has 3 atom stereocenters. The van der Waals surface area contributed by atoms with Crippen LogP contribution in [0.5, 0.6) is 5.75 Å². The summed E-state index contributed by atoms with van der Waals surface area (Å²) in [7, 11) is 0. The summed E-state index contributed by atoms with van der Waals surface area (Å²) in [6.45, 7) is 0.507. The number of benzene rings is 2. The van der Waals surface area contributed by atoms with Crippen LogP contribution in [-0.2, 0) is 16.2 Å². The van der Waals surface area contributed by atoms with Crippen LogP contribution in [0.25, 0.3) is 0 Å². The summed E-state index contributed by atoms with van der Waals surface area (Å²) in [6.07, 6.45) is 4.53. The predicted molar refractivity (Wildman–Crippen MR) is 108 cm³/mol. The van der Waals surface area contributed by atoms with Gasteiger partial charge in [0.1, 0.15) is 12.4 Å². The lowest BCUT2D eigenvalue weighted by molar-refractivity contribution is -0.134. The van der Waals surface area contributed by atoms with Gasteiger partial charge in [-0.2, -0.15) is 0 Å². The van der Waals surface area contributed by atoms with E-state index < -0.39 is 0 Å². The number of rotatable bonds is 5. The molecule has 0 radical (unpaired) electrons. The van der Waals surface area contributed by atoms with Gasteiger partial charge >= 0.3 is 0 Å². The van der Waals surface area contributed by atoms with Crippen LogP contribution in [0.2, 0.25) is 0 Å². The van der Waals surface area contributed by atoms with Crippen molar-refractivity contribution >= 4 is 17.5 Å². The fourth-order valence-corrected chi connectivity index (χ4v) is 4.33. The van der Waals surface area contributed by atoms with Crippen molar-refractivity contribution in [2.45, 2.75) is 44.8 Å². The van der Waals surface area contributed by atoms with Gasteiger partial charge in [0.05, 0.1) is 5.92 Å². The molecule has 0 bridgehead atoms. The Bertz CT molecular complexity index is 820. The monoisotopic (exact) mass is 378 g/mol. The SMILES string of the molecule is O=C1CC(C(=O)Nc2ccc(OCc3ccccc3)cc2)C2CCCCC2N1. The Hall–Kier alpha value is -2.82. The summed E-state index contributed by atoms with van der Waals surface area (Å²) < 4.78 is 5.79. The van der Waals surface area contributed by atoms with E-state index in [4.69, 9.17) is 4.74 Å². The Balaban J connectivity index is 1.35. The van der Waals surface area contributed by atoms with E-state index in [2.05, 4.69) is 10.6 Å². The largest absolute Gasteiger partial charge is 0.489 e. The van der Waals surface area contributed by atoms with Crippen LogP contribution in [0.15, 0.2) is 54.6 Å². The summed E-state index contributed by atoms with van der Waals surface area (Å²) in [6, 6.07) is 17.6. The Morgan fingerprint density at radius 2 is 1.79 bits per heavy atom. The third-order valence-electron chi connectivity index (χ3n) is 5.79. The van der Waals surface area contributed by atoms with Gasteiger partial charge in [0, 0.05) is 18.2 Å². The van der Waals surface area contributed by atoms with Crippen LogP contribution in [-0.4, -0.2) is 17.9 Å². The lowest BCUT2D eigenvalue weighted by Gasteiger charge is -2.40. The number of nitrogens with one attached hydrogen (secondary N) is 2. The van der Waals surface area contributed by atoms with E-state index in [0.29, 0.717) is 6.61 Å². The molecule has 1 aliphatic heterocycles. The lowest BCUT2D eigenvalue weighted by Crippen LogP contribution is -2.53. The van der Waals surface area contributed by atoms with Gasteiger partial charge in [-0.3, -0.25) is 9.59 Å². The van der Waals surface area contributed by atoms with Gasteiger partial charge in [-0.1, -0.05) is 43.2 Å². The number of ether oxygens (including phenoxy) is 1. The highest BCUT2D eigenvalue weighted by Gasteiger charge is 2.41. The highest BCUT2D eigenvalue weighted by atomic mass is 16.5. The molecule has 2 fully saturated rings. The molecule has 4 rings (SSSR count). The quantitative estimate of drug-likeness (QED) is 0.829. The highest BCUT2D eigenvalue weighted by Crippen LogP contribution is 2.36. The molecule has 1 heterocycles. The molecule has 2 aromatic carbocycles. The molecule has 28 heavy (non-hydrogen) atoms. The normalized spacial score (nSPS) is 24.0. The number of piperidine rings is 1. The van der Waals surface area contributed by atoms with E-state index in [1.54, 1.807) is 0 Å². The topological polar surface area (TPSA) is 67.4 Å². The van der Waals surface area contributed by atoms with Crippen LogP contribution in [0.4, 0.5) is 5.69 Å². The maximum Gasteiger partial charge on any atom is 0.228 e. The molecule has 3 unspecified atom stereocenters. The molecule has 1 aliphatic carbocycles. The van der Waals surface area contributed by atoms with Crippen molar-refractivity contribution < 1.29 is 14.3 Å². The van der Waals surface area contributed by atoms with Crippen LogP contribution < -0.4 is 15.4 Å². The Morgan fingerprint density at radius 3 is 2.57 bits per heavy atom. The van der Waals surface area contributed by atoms with Gasteiger partial charge in [0.15, 0.2) is 0 Å². The molecular weight excluding hydrogens is 352 g/mol. The summed E-state index contributed by atoms with van der Waals surface area (Å²) in [4.78, 5) is 24.9. The fourth-order valence-electron chi connectivity index (χ4n) is 4.33. The zero-order valence-corrected chi connectivity index (χ0v) is 15.9. The lowest BCUT2D eigenvalue weighted by atomic mass is 9.72. The molecule has 1 saturated carbocycles. The summed E-state index contributed by atoms with van der Waals surface area (Å²) in [5.74, 6) is 0.705. The van der Waals surface area contributed by atoms with Crippen LogP contribution >= 0.6 is 0 Å². The van der Waals surface area contributed by atoms with Crippen LogP contribution in [0, 0.1) is 11.8 Å². The summed E-state index contributed by atoms with van der Waals surface area (Å²) >= 11 is 0. The molecule has 1 saturated heterocycles. The Kier molecular flexibility index (Phi) is 5.60. The minimum absolute atomic E-state index is 0.00652. The van der Waals surface area contributed by atoms with Crippen molar-refractivity contribution in [2.24, 2.45) is 11.8 Å². The van der Waals surface area contributed by atoms with E-state index in [1.807, 2.05) is 54.6 Å². The first kappa shape index (κ1) is 18.5. The number of anilines is 1. The van der Waals surface area contributed by atoms with E-state index in [1.165, 1.54) is 0 Å². The average molecular weight is 378 g/mol. The molecule has 5 heteroatoms. The standard InChI is InChI=1S/C23H26N2O3/c26-22-14-20(19-8-4-5-9-21(19)25-22)23(27)24-17-10-12-18(13-11-17)28-15-16-6-2-1-3-7-16/h1-3,6-7,10-13,19-21H,4-5,8-9,14-15H2,(H,24,27)(H,25,26). The number of hydrogen-bond donors (Lipinski definition) is 2. The Morgan fingerprint density at radius 1 is 1.04 bits per heavy atom. The van der Waals surface area contributed by atoms with Gasteiger partial charge in [0.2, 0.25) is 11.8 Å². The van der Waals surface area contributed by atoms with Gasteiger partial charge < -0.3 is 15.4 Å². The minimum atomic E-state index is -0.243. The third-order valence-corrected chi connectivity index (χ3v) is 5.79. The molecule has 0 spiro atoms. The maximum atomic E-state index is 12.8. The van der Waals surface area contributed by atoms with E-state index >= 15 is 0 Å². The van der Waals surface area contributed by atoms with Gasteiger partial charge in [-0.25, -0.2) is 0 Å². The molecule has 2 aromatic rings. The Labute approximate surface area is 165 Å². The molecule has 146 valence electrons. The average Bonchev–Trinajstić information content (AvgIpc) is 2.73. The van der Waals surface area contributed by atoms with Crippen molar-refractivity contribution in [3.8, 4) is 5.75 Å². The number of fused-ring (bicyclic) bond motifs is 1. The van der Waals surface area contributed by atoms with E-state index in [9.17, 15) is 9.59 Å². The third kappa shape index (κ3) is 4.35.